The van der Waals surface area contributed by atoms with Gasteiger partial charge in [-0.15, -0.1) is 0 Å². The average molecular weight is 293 g/mol. The molecule has 3 nitrogen and oxygen atoms in total. The molecule has 0 saturated heterocycles. The van der Waals surface area contributed by atoms with E-state index < -0.39 is 16.9 Å². The zero-order valence-electron chi connectivity index (χ0n) is 8.10. The molecule has 2 atom stereocenters. The summed E-state index contributed by atoms with van der Waals surface area (Å²) < 4.78 is 12.5. The van der Waals surface area contributed by atoms with Gasteiger partial charge in [-0.25, -0.2) is 0 Å². The van der Waals surface area contributed by atoms with Crippen molar-refractivity contribution in [1.29, 1.82) is 0 Å². The summed E-state index contributed by atoms with van der Waals surface area (Å²) in [5, 5.41) is 17.7. The Labute approximate surface area is 99.7 Å². The van der Waals surface area contributed by atoms with Gasteiger partial charge < -0.3 is 10.2 Å². The molecule has 15 heavy (non-hydrogen) atoms. The monoisotopic (exact) mass is 292 g/mol. The third kappa shape index (κ3) is 4.88. The third-order valence-corrected chi connectivity index (χ3v) is 3.77. The van der Waals surface area contributed by atoms with E-state index in [9.17, 15) is 4.21 Å². The third-order valence-electron chi connectivity index (χ3n) is 1.83. The Hall–Kier alpha value is -0.230. The van der Waals surface area contributed by atoms with Crippen LogP contribution in [-0.2, 0) is 16.6 Å². The minimum absolute atomic E-state index is 0.118. The maximum Gasteiger partial charge on any atom is 0.0885 e. The lowest BCUT2D eigenvalue weighted by molar-refractivity contribution is 0.113. The Kier molecular flexibility index (Phi) is 5.45. The summed E-state index contributed by atoms with van der Waals surface area (Å²) in [5.74, 6) is 0.525. The van der Waals surface area contributed by atoms with Crippen molar-refractivity contribution in [2.45, 2.75) is 11.9 Å². The van der Waals surface area contributed by atoms with Gasteiger partial charge in [-0.3, -0.25) is 4.21 Å². The Morgan fingerprint density at radius 3 is 2.47 bits per heavy atom. The highest BCUT2D eigenvalue weighted by molar-refractivity contribution is 9.10. The fourth-order valence-electron chi connectivity index (χ4n) is 1.09. The first-order chi connectivity index (χ1) is 7.11. The summed E-state index contributed by atoms with van der Waals surface area (Å²) in [6.07, 6.45) is -0.888. The summed E-state index contributed by atoms with van der Waals surface area (Å²) in [7, 11) is -1.13. The fourth-order valence-corrected chi connectivity index (χ4v) is 2.57. The van der Waals surface area contributed by atoms with Gasteiger partial charge in [0.2, 0.25) is 0 Å². The highest BCUT2D eigenvalue weighted by Crippen LogP contribution is 2.12. The maximum absolute atomic E-state index is 11.5. The van der Waals surface area contributed by atoms with Crippen LogP contribution < -0.4 is 0 Å². The number of halogens is 1. The van der Waals surface area contributed by atoms with E-state index in [-0.39, 0.29) is 12.4 Å². The van der Waals surface area contributed by atoms with Crippen LogP contribution in [0.25, 0.3) is 0 Å². The molecule has 0 spiro atoms. The molecule has 1 aromatic rings. The Balaban J connectivity index is 2.48. The molecule has 2 unspecified atom stereocenters. The van der Waals surface area contributed by atoms with Crippen molar-refractivity contribution in [3.8, 4) is 0 Å². The lowest BCUT2D eigenvalue weighted by Gasteiger charge is -2.06. The SMILES string of the molecule is O=S(Cc1ccc(Br)cc1)CC(O)CO. The minimum atomic E-state index is -1.13. The number of benzene rings is 1. The largest absolute Gasteiger partial charge is 0.394 e. The number of rotatable bonds is 5. The molecule has 0 saturated carbocycles. The molecule has 0 heterocycles. The second kappa shape index (κ2) is 6.37. The lowest BCUT2D eigenvalue weighted by Crippen LogP contribution is -2.21. The predicted octanol–water partition coefficient (Wildman–Crippen LogP) is 1.05. The Morgan fingerprint density at radius 1 is 1.33 bits per heavy atom. The van der Waals surface area contributed by atoms with E-state index in [1.54, 1.807) is 0 Å². The standard InChI is InChI=1S/C10H13BrO3S/c11-9-3-1-8(2-4-9)6-15(14)7-10(13)5-12/h1-4,10,12-13H,5-7H2. The topological polar surface area (TPSA) is 57.5 Å². The van der Waals surface area contributed by atoms with Crippen molar-refractivity contribution in [2.24, 2.45) is 0 Å². The summed E-state index contributed by atoms with van der Waals surface area (Å²) >= 11 is 3.31. The van der Waals surface area contributed by atoms with Crippen LogP contribution >= 0.6 is 15.9 Å². The summed E-state index contributed by atoms with van der Waals surface area (Å²) in [6.45, 7) is -0.341. The van der Waals surface area contributed by atoms with E-state index in [1.165, 1.54) is 0 Å². The minimum Gasteiger partial charge on any atom is -0.394 e. The quantitative estimate of drug-likeness (QED) is 0.853. The van der Waals surface area contributed by atoms with E-state index >= 15 is 0 Å². The van der Waals surface area contributed by atoms with Crippen molar-refractivity contribution in [3.63, 3.8) is 0 Å². The van der Waals surface area contributed by atoms with E-state index in [0.29, 0.717) is 5.75 Å². The molecule has 0 aliphatic rings. The van der Waals surface area contributed by atoms with Crippen LogP contribution in [0.2, 0.25) is 0 Å². The molecule has 0 aromatic heterocycles. The van der Waals surface area contributed by atoms with Gasteiger partial charge in [0.15, 0.2) is 0 Å². The summed E-state index contributed by atoms with van der Waals surface area (Å²) in [6, 6.07) is 7.53. The van der Waals surface area contributed by atoms with Gasteiger partial charge in [-0.1, -0.05) is 28.1 Å². The van der Waals surface area contributed by atoms with Gasteiger partial charge in [-0.05, 0) is 17.7 Å². The average Bonchev–Trinajstić information content (AvgIpc) is 2.21. The second-order valence-corrected chi connectivity index (χ2v) is 5.63. The van der Waals surface area contributed by atoms with Crippen LogP contribution in [0.1, 0.15) is 5.56 Å². The van der Waals surface area contributed by atoms with E-state index in [2.05, 4.69) is 15.9 Å². The van der Waals surface area contributed by atoms with Gasteiger partial charge in [0.05, 0.1) is 18.5 Å². The molecule has 0 bridgehead atoms. The molecule has 0 aliphatic carbocycles. The molecule has 84 valence electrons. The Morgan fingerprint density at radius 2 is 1.93 bits per heavy atom. The van der Waals surface area contributed by atoms with Crippen LogP contribution in [0.15, 0.2) is 28.7 Å². The summed E-state index contributed by atoms with van der Waals surface area (Å²) in [4.78, 5) is 0. The van der Waals surface area contributed by atoms with Crippen molar-refractivity contribution < 1.29 is 14.4 Å². The van der Waals surface area contributed by atoms with Gasteiger partial charge >= 0.3 is 0 Å². The molecule has 1 aromatic carbocycles. The zero-order valence-corrected chi connectivity index (χ0v) is 10.5. The van der Waals surface area contributed by atoms with Crippen LogP contribution in [-0.4, -0.2) is 32.9 Å². The molecular formula is C10H13BrO3S. The molecule has 0 aliphatic heterocycles. The summed E-state index contributed by atoms with van der Waals surface area (Å²) in [5.41, 5.74) is 0.960. The first-order valence-electron chi connectivity index (χ1n) is 4.50. The zero-order chi connectivity index (χ0) is 11.3. The van der Waals surface area contributed by atoms with Crippen molar-refractivity contribution in [3.05, 3.63) is 34.3 Å². The molecular weight excluding hydrogens is 280 g/mol. The fraction of sp³-hybridized carbons (Fsp3) is 0.400. The lowest BCUT2D eigenvalue weighted by atomic mass is 10.2. The molecule has 1 rings (SSSR count). The van der Waals surface area contributed by atoms with Crippen LogP contribution in [0.4, 0.5) is 0 Å². The Bertz CT molecular complexity index is 326. The number of hydrogen-bond acceptors (Lipinski definition) is 3. The first kappa shape index (κ1) is 12.8. The maximum atomic E-state index is 11.5. The number of aliphatic hydroxyl groups is 2. The highest BCUT2D eigenvalue weighted by Gasteiger charge is 2.08. The van der Waals surface area contributed by atoms with Crippen molar-refractivity contribution in [1.82, 2.24) is 0 Å². The van der Waals surface area contributed by atoms with Gasteiger partial charge in [0.1, 0.15) is 0 Å². The van der Waals surface area contributed by atoms with Crippen LogP contribution in [0.5, 0.6) is 0 Å². The smallest absolute Gasteiger partial charge is 0.0885 e. The molecule has 5 heteroatoms. The predicted molar refractivity (Wildman–Crippen MR) is 63.9 cm³/mol. The van der Waals surface area contributed by atoms with Crippen molar-refractivity contribution >= 4 is 26.7 Å². The molecule has 2 N–H and O–H groups in total. The van der Waals surface area contributed by atoms with Gasteiger partial charge in [0.25, 0.3) is 0 Å². The van der Waals surface area contributed by atoms with E-state index in [0.717, 1.165) is 10.0 Å². The van der Waals surface area contributed by atoms with Gasteiger partial charge in [-0.2, -0.15) is 0 Å². The van der Waals surface area contributed by atoms with Crippen molar-refractivity contribution in [2.75, 3.05) is 12.4 Å². The highest BCUT2D eigenvalue weighted by atomic mass is 79.9. The second-order valence-electron chi connectivity index (χ2n) is 3.21. The number of hydrogen-bond donors (Lipinski definition) is 2. The molecule has 0 fully saturated rings. The molecule has 0 radical (unpaired) electrons. The molecule has 0 amide bonds. The first-order valence-corrected chi connectivity index (χ1v) is 6.78. The van der Waals surface area contributed by atoms with E-state index in [4.69, 9.17) is 10.2 Å². The van der Waals surface area contributed by atoms with E-state index in [1.807, 2.05) is 24.3 Å². The number of aliphatic hydroxyl groups excluding tert-OH is 2. The van der Waals surface area contributed by atoms with Gasteiger partial charge in [0, 0.05) is 21.0 Å². The van der Waals surface area contributed by atoms with Crippen LogP contribution in [0.3, 0.4) is 0 Å². The van der Waals surface area contributed by atoms with Crippen LogP contribution in [0, 0.1) is 0 Å². The normalized spacial score (nSPS) is 14.9.